The standard InChI is InChI=1S/C20H34O6/c1-13-4-5-14-17(2,11-21)15(23)6-7-18(14,3)20(13)9-8-19(12-22,26-20)10-16(24)25/h13-15,21-23H,4-12H2,1-3H3,(H,24,25)/t13-,14+,15+,17-,18-,19+,20-/m1/s1. The third-order valence-corrected chi connectivity index (χ3v) is 8.37. The molecule has 1 spiro atoms. The van der Waals surface area contributed by atoms with Gasteiger partial charge in [-0.3, -0.25) is 4.79 Å². The number of rotatable bonds is 4. The number of hydrogen-bond acceptors (Lipinski definition) is 5. The fourth-order valence-electron chi connectivity index (χ4n) is 6.70. The van der Waals surface area contributed by atoms with Gasteiger partial charge in [0, 0.05) is 10.8 Å². The number of aliphatic carboxylic acids is 1. The molecular formula is C20H34O6. The van der Waals surface area contributed by atoms with E-state index in [4.69, 9.17) is 4.74 Å². The lowest BCUT2D eigenvalue weighted by Crippen LogP contribution is -2.66. The second kappa shape index (κ2) is 6.43. The minimum Gasteiger partial charge on any atom is -0.481 e. The largest absolute Gasteiger partial charge is 0.481 e. The van der Waals surface area contributed by atoms with Gasteiger partial charge in [-0.25, -0.2) is 0 Å². The zero-order chi connectivity index (χ0) is 19.4. The first-order valence-corrected chi connectivity index (χ1v) is 9.91. The van der Waals surface area contributed by atoms with Crippen molar-refractivity contribution in [2.75, 3.05) is 13.2 Å². The summed E-state index contributed by atoms with van der Waals surface area (Å²) in [5.41, 5.74) is -2.40. The SMILES string of the molecule is C[C@@H]1CC[C@H]2[C@@](C)(CO)[C@@H](O)CC[C@@]2(C)[C@@]12CC[C@@](CO)(CC(=O)O)O2. The third-order valence-electron chi connectivity index (χ3n) is 8.37. The highest BCUT2D eigenvalue weighted by Gasteiger charge is 2.68. The second-order valence-electron chi connectivity index (χ2n) is 9.57. The van der Waals surface area contributed by atoms with Crippen molar-refractivity contribution in [3.05, 3.63) is 0 Å². The van der Waals surface area contributed by atoms with Gasteiger partial charge in [-0.15, -0.1) is 0 Å². The Hall–Kier alpha value is -0.690. The van der Waals surface area contributed by atoms with Crippen LogP contribution in [0.3, 0.4) is 0 Å². The van der Waals surface area contributed by atoms with Gasteiger partial charge in [-0.2, -0.15) is 0 Å². The zero-order valence-corrected chi connectivity index (χ0v) is 16.2. The number of aliphatic hydroxyl groups is 3. The lowest BCUT2D eigenvalue weighted by molar-refractivity contribution is -0.271. The Bertz CT molecular complexity index is 567. The van der Waals surface area contributed by atoms with Crippen molar-refractivity contribution >= 4 is 5.97 Å². The lowest BCUT2D eigenvalue weighted by Gasteiger charge is -2.65. The number of carboxylic acid groups (broad SMARTS) is 1. The van der Waals surface area contributed by atoms with Crippen molar-refractivity contribution in [2.24, 2.45) is 22.7 Å². The Labute approximate surface area is 155 Å². The van der Waals surface area contributed by atoms with Crippen molar-refractivity contribution in [3.8, 4) is 0 Å². The Kier molecular flexibility index (Phi) is 4.96. The first-order valence-electron chi connectivity index (χ1n) is 9.91. The summed E-state index contributed by atoms with van der Waals surface area (Å²) in [6.07, 6.45) is 3.73. The molecule has 1 saturated heterocycles. The van der Waals surface area contributed by atoms with Crippen LogP contribution in [0.1, 0.15) is 65.7 Å². The van der Waals surface area contributed by atoms with Crippen LogP contribution in [-0.2, 0) is 9.53 Å². The van der Waals surface area contributed by atoms with Gasteiger partial charge in [-0.1, -0.05) is 20.8 Å². The second-order valence-corrected chi connectivity index (χ2v) is 9.57. The minimum absolute atomic E-state index is 0.0703. The van der Waals surface area contributed by atoms with E-state index in [0.717, 1.165) is 19.3 Å². The van der Waals surface area contributed by atoms with Gasteiger partial charge >= 0.3 is 5.97 Å². The Morgan fingerprint density at radius 1 is 1.08 bits per heavy atom. The summed E-state index contributed by atoms with van der Waals surface area (Å²) in [5, 5.41) is 40.0. The Balaban J connectivity index is 2.02. The van der Waals surface area contributed by atoms with Gasteiger partial charge in [0.25, 0.3) is 0 Å². The first-order chi connectivity index (χ1) is 12.1. The molecule has 3 aliphatic rings. The van der Waals surface area contributed by atoms with Crippen LogP contribution < -0.4 is 0 Å². The summed E-state index contributed by atoms with van der Waals surface area (Å²) in [7, 11) is 0. The first kappa shape index (κ1) is 20.1. The van der Waals surface area contributed by atoms with E-state index in [9.17, 15) is 25.2 Å². The summed E-state index contributed by atoms with van der Waals surface area (Å²) >= 11 is 0. The van der Waals surface area contributed by atoms with E-state index in [1.807, 2.05) is 6.92 Å². The minimum atomic E-state index is -1.03. The maximum absolute atomic E-state index is 11.4. The van der Waals surface area contributed by atoms with Gasteiger partial charge in [0.15, 0.2) is 0 Å². The average molecular weight is 370 g/mol. The van der Waals surface area contributed by atoms with Gasteiger partial charge in [-0.05, 0) is 50.4 Å². The maximum atomic E-state index is 11.4. The van der Waals surface area contributed by atoms with Gasteiger partial charge < -0.3 is 25.2 Å². The molecule has 7 atom stereocenters. The normalized spacial score (nSPS) is 51.4. The van der Waals surface area contributed by atoms with Crippen LogP contribution in [0.4, 0.5) is 0 Å². The molecule has 0 bridgehead atoms. The highest BCUT2D eigenvalue weighted by atomic mass is 16.5. The highest BCUT2D eigenvalue weighted by molar-refractivity contribution is 5.68. The predicted molar refractivity (Wildman–Crippen MR) is 95.5 cm³/mol. The van der Waals surface area contributed by atoms with Crippen molar-refractivity contribution < 1.29 is 30.0 Å². The van der Waals surface area contributed by atoms with Crippen LogP contribution in [0.2, 0.25) is 0 Å². The lowest BCUT2D eigenvalue weighted by atomic mass is 9.43. The van der Waals surface area contributed by atoms with E-state index in [0.29, 0.717) is 19.3 Å². The fourth-order valence-corrected chi connectivity index (χ4v) is 6.70. The Morgan fingerprint density at radius 3 is 2.35 bits per heavy atom. The van der Waals surface area contributed by atoms with Crippen LogP contribution >= 0.6 is 0 Å². The molecule has 0 aromatic carbocycles. The molecule has 6 heteroatoms. The topological polar surface area (TPSA) is 107 Å². The zero-order valence-electron chi connectivity index (χ0n) is 16.2. The van der Waals surface area contributed by atoms with Crippen LogP contribution in [0.15, 0.2) is 0 Å². The number of fused-ring (bicyclic) bond motifs is 2. The quantitative estimate of drug-likeness (QED) is 0.602. The summed E-state index contributed by atoms with van der Waals surface area (Å²) in [6.45, 7) is 5.96. The van der Waals surface area contributed by atoms with Gasteiger partial charge in [0.05, 0.1) is 31.3 Å². The molecule has 1 aliphatic heterocycles. The van der Waals surface area contributed by atoms with E-state index in [2.05, 4.69) is 13.8 Å². The van der Waals surface area contributed by atoms with Crippen LogP contribution in [0.25, 0.3) is 0 Å². The summed E-state index contributed by atoms with van der Waals surface area (Å²) in [5.74, 6) is -0.621. The molecule has 0 aromatic rings. The van der Waals surface area contributed by atoms with Gasteiger partial charge in [0.2, 0.25) is 0 Å². The van der Waals surface area contributed by atoms with Crippen LogP contribution in [0.5, 0.6) is 0 Å². The van der Waals surface area contributed by atoms with E-state index in [1.54, 1.807) is 0 Å². The monoisotopic (exact) mass is 370 g/mol. The van der Waals surface area contributed by atoms with Crippen molar-refractivity contribution in [2.45, 2.75) is 83.0 Å². The van der Waals surface area contributed by atoms with E-state index >= 15 is 0 Å². The molecule has 3 rings (SSSR count). The molecule has 3 fully saturated rings. The van der Waals surface area contributed by atoms with E-state index in [1.165, 1.54) is 0 Å². The number of carbonyl (C=O) groups is 1. The van der Waals surface area contributed by atoms with Crippen LogP contribution in [-0.4, -0.2) is 56.9 Å². The molecule has 0 aromatic heterocycles. The number of ether oxygens (including phenoxy) is 1. The predicted octanol–water partition coefficient (Wildman–Crippen LogP) is 1.95. The van der Waals surface area contributed by atoms with Crippen molar-refractivity contribution in [1.29, 1.82) is 0 Å². The molecule has 2 saturated carbocycles. The molecular weight excluding hydrogens is 336 g/mol. The van der Waals surface area contributed by atoms with Crippen molar-refractivity contribution in [1.82, 2.24) is 0 Å². The molecule has 2 aliphatic carbocycles. The van der Waals surface area contributed by atoms with Crippen LogP contribution in [0, 0.1) is 22.7 Å². The summed E-state index contributed by atoms with van der Waals surface area (Å²) in [6, 6.07) is 0. The molecule has 0 amide bonds. The molecule has 0 unspecified atom stereocenters. The molecule has 6 nitrogen and oxygen atoms in total. The summed E-state index contributed by atoms with van der Waals surface area (Å²) in [4.78, 5) is 11.4. The highest BCUT2D eigenvalue weighted by Crippen LogP contribution is 2.67. The molecule has 4 N–H and O–H groups in total. The van der Waals surface area contributed by atoms with Gasteiger partial charge in [0.1, 0.15) is 5.60 Å². The van der Waals surface area contributed by atoms with Crippen molar-refractivity contribution in [3.63, 3.8) is 0 Å². The number of carboxylic acids is 1. The molecule has 150 valence electrons. The number of aliphatic hydroxyl groups excluding tert-OH is 3. The molecule has 26 heavy (non-hydrogen) atoms. The smallest absolute Gasteiger partial charge is 0.306 e. The Morgan fingerprint density at radius 2 is 1.77 bits per heavy atom. The van der Waals surface area contributed by atoms with E-state index < -0.39 is 28.7 Å². The fraction of sp³-hybridized carbons (Fsp3) is 0.950. The molecule has 0 radical (unpaired) electrons. The number of hydrogen-bond donors (Lipinski definition) is 4. The summed E-state index contributed by atoms with van der Waals surface area (Å²) < 4.78 is 6.60. The molecule has 1 heterocycles. The van der Waals surface area contributed by atoms with E-state index in [-0.39, 0.29) is 36.9 Å². The maximum Gasteiger partial charge on any atom is 0.306 e. The average Bonchev–Trinajstić information content (AvgIpc) is 2.98. The third kappa shape index (κ3) is 2.56.